The first-order valence-electron chi connectivity index (χ1n) is 9.98. The fourth-order valence-corrected chi connectivity index (χ4v) is 4.28. The summed E-state index contributed by atoms with van der Waals surface area (Å²) in [7, 11) is 1.70. The van der Waals surface area contributed by atoms with Gasteiger partial charge in [-0.3, -0.25) is 9.69 Å². The number of nitrogens with one attached hydrogen (secondary N) is 2. The SMILES string of the molecule is COc1ccc2[nH]cc(C3CCN(CC(=O)NCC4CCCO4)CC3)c2c1. The highest BCUT2D eigenvalue weighted by Gasteiger charge is 2.24. The zero-order valence-corrected chi connectivity index (χ0v) is 16.0. The molecule has 1 amide bonds. The Morgan fingerprint density at radius 3 is 2.93 bits per heavy atom. The summed E-state index contributed by atoms with van der Waals surface area (Å²) in [6, 6.07) is 6.18. The standard InChI is InChI=1S/C21H29N3O3/c1-26-16-4-5-20-18(11-16)19(13-22-20)15-6-8-24(9-7-15)14-21(25)23-12-17-3-2-10-27-17/h4-5,11,13,15,17,22H,2-3,6-10,12,14H2,1H3,(H,23,25). The minimum absolute atomic E-state index is 0.112. The highest BCUT2D eigenvalue weighted by atomic mass is 16.5. The van der Waals surface area contributed by atoms with Crippen molar-refractivity contribution in [2.24, 2.45) is 0 Å². The van der Waals surface area contributed by atoms with Crippen LogP contribution in [0.1, 0.15) is 37.2 Å². The van der Waals surface area contributed by atoms with Gasteiger partial charge in [0.2, 0.25) is 5.91 Å². The number of rotatable bonds is 6. The molecular formula is C21H29N3O3. The number of hydrogen-bond donors (Lipinski definition) is 2. The summed E-state index contributed by atoms with van der Waals surface area (Å²) < 4.78 is 10.9. The molecule has 2 N–H and O–H groups in total. The van der Waals surface area contributed by atoms with Crippen LogP contribution < -0.4 is 10.1 Å². The summed E-state index contributed by atoms with van der Waals surface area (Å²) >= 11 is 0. The predicted molar refractivity (Wildman–Crippen MR) is 105 cm³/mol. The molecule has 2 aliphatic heterocycles. The number of fused-ring (bicyclic) bond motifs is 1. The maximum Gasteiger partial charge on any atom is 0.234 e. The number of H-pyrrole nitrogens is 1. The molecule has 4 rings (SSSR count). The van der Waals surface area contributed by atoms with E-state index in [-0.39, 0.29) is 12.0 Å². The fraction of sp³-hybridized carbons (Fsp3) is 0.571. The second-order valence-electron chi connectivity index (χ2n) is 7.65. The quantitative estimate of drug-likeness (QED) is 0.819. The highest BCUT2D eigenvalue weighted by molar-refractivity contribution is 5.85. The zero-order valence-electron chi connectivity index (χ0n) is 16.0. The van der Waals surface area contributed by atoms with Crippen LogP contribution in [0.4, 0.5) is 0 Å². The molecule has 6 nitrogen and oxygen atoms in total. The fourth-order valence-electron chi connectivity index (χ4n) is 4.28. The van der Waals surface area contributed by atoms with E-state index in [9.17, 15) is 4.79 Å². The molecule has 2 aromatic rings. The Bertz CT molecular complexity index is 774. The number of hydrogen-bond acceptors (Lipinski definition) is 4. The normalized spacial score (nSPS) is 21.6. The molecule has 0 spiro atoms. The summed E-state index contributed by atoms with van der Waals surface area (Å²) in [6.45, 7) is 3.87. The number of aromatic nitrogens is 1. The zero-order chi connectivity index (χ0) is 18.6. The van der Waals surface area contributed by atoms with Gasteiger partial charge in [-0.2, -0.15) is 0 Å². The molecule has 6 heteroatoms. The van der Waals surface area contributed by atoms with Crippen LogP contribution in [0.3, 0.4) is 0 Å². The third-order valence-electron chi connectivity index (χ3n) is 5.87. The second kappa shape index (κ2) is 8.31. The van der Waals surface area contributed by atoms with E-state index in [0.717, 1.165) is 56.6 Å². The van der Waals surface area contributed by atoms with Crippen molar-refractivity contribution < 1.29 is 14.3 Å². The van der Waals surface area contributed by atoms with E-state index in [1.54, 1.807) is 7.11 Å². The number of nitrogens with zero attached hydrogens (tertiary/aromatic N) is 1. The number of methoxy groups -OCH3 is 1. The van der Waals surface area contributed by atoms with Gasteiger partial charge in [0, 0.05) is 30.3 Å². The van der Waals surface area contributed by atoms with E-state index in [0.29, 0.717) is 19.0 Å². The van der Waals surface area contributed by atoms with Gasteiger partial charge in [-0.1, -0.05) is 0 Å². The molecule has 1 aromatic carbocycles. The summed E-state index contributed by atoms with van der Waals surface area (Å²) in [6.07, 6.45) is 6.65. The lowest BCUT2D eigenvalue weighted by molar-refractivity contribution is -0.123. The van der Waals surface area contributed by atoms with Crippen LogP contribution in [0, 0.1) is 0 Å². The molecular weight excluding hydrogens is 342 g/mol. The Balaban J connectivity index is 1.29. The van der Waals surface area contributed by atoms with Crippen LogP contribution in [0.5, 0.6) is 5.75 Å². The molecule has 0 bridgehead atoms. The lowest BCUT2D eigenvalue weighted by Gasteiger charge is -2.31. The maximum absolute atomic E-state index is 12.2. The Labute approximate surface area is 160 Å². The monoisotopic (exact) mass is 371 g/mol. The average molecular weight is 371 g/mol. The number of benzene rings is 1. The van der Waals surface area contributed by atoms with Gasteiger partial charge in [-0.25, -0.2) is 0 Å². The van der Waals surface area contributed by atoms with Gasteiger partial charge in [-0.15, -0.1) is 0 Å². The highest BCUT2D eigenvalue weighted by Crippen LogP contribution is 2.34. The average Bonchev–Trinajstić information content (AvgIpc) is 3.36. The van der Waals surface area contributed by atoms with Crippen LogP contribution in [0.25, 0.3) is 10.9 Å². The van der Waals surface area contributed by atoms with E-state index in [1.165, 1.54) is 10.9 Å². The lowest BCUT2D eigenvalue weighted by Crippen LogP contribution is -2.42. The van der Waals surface area contributed by atoms with Gasteiger partial charge < -0.3 is 19.8 Å². The van der Waals surface area contributed by atoms with E-state index in [4.69, 9.17) is 9.47 Å². The van der Waals surface area contributed by atoms with Gasteiger partial charge in [0.25, 0.3) is 0 Å². The molecule has 2 fully saturated rings. The molecule has 0 saturated carbocycles. The Morgan fingerprint density at radius 2 is 2.19 bits per heavy atom. The number of carbonyl (C=O) groups excluding carboxylic acids is 1. The van der Waals surface area contributed by atoms with Gasteiger partial charge in [0.15, 0.2) is 0 Å². The molecule has 2 saturated heterocycles. The van der Waals surface area contributed by atoms with Crippen LogP contribution >= 0.6 is 0 Å². The van der Waals surface area contributed by atoms with E-state index < -0.39 is 0 Å². The van der Waals surface area contributed by atoms with Crippen molar-refractivity contribution in [3.8, 4) is 5.75 Å². The smallest absolute Gasteiger partial charge is 0.234 e. The first-order valence-corrected chi connectivity index (χ1v) is 9.98. The first-order chi connectivity index (χ1) is 13.2. The molecule has 1 aromatic heterocycles. The summed E-state index contributed by atoms with van der Waals surface area (Å²) in [5.41, 5.74) is 2.52. The van der Waals surface area contributed by atoms with Crippen molar-refractivity contribution in [2.75, 3.05) is 39.9 Å². The number of ether oxygens (including phenoxy) is 2. The number of aromatic amines is 1. The molecule has 3 heterocycles. The first kappa shape index (κ1) is 18.3. The molecule has 2 aliphatic rings. The van der Waals surface area contributed by atoms with E-state index >= 15 is 0 Å². The van der Waals surface area contributed by atoms with Crippen LogP contribution in [0.2, 0.25) is 0 Å². The molecule has 0 radical (unpaired) electrons. The molecule has 1 atom stereocenters. The van der Waals surface area contributed by atoms with Gasteiger partial charge in [-0.05, 0) is 68.5 Å². The minimum Gasteiger partial charge on any atom is -0.497 e. The van der Waals surface area contributed by atoms with E-state index in [2.05, 4.69) is 33.5 Å². The predicted octanol–water partition coefficient (Wildman–Crippen LogP) is 2.65. The molecule has 146 valence electrons. The number of carbonyl (C=O) groups is 1. The summed E-state index contributed by atoms with van der Waals surface area (Å²) in [5.74, 6) is 1.53. The van der Waals surface area contributed by atoms with Crippen molar-refractivity contribution in [1.29, 1.82) is 0 Å². The number of amides is 1. The minimum atomic E-state index is 0.112. The lowest BCUT2D eigenvalue weighted by atomic mass is 9.89. The third kappa shape index (κ3) is 4.28. The number of piperidine rings is 1. The van der Waals surface area contributed by atoms with Crippen molar-refractivity contribution >= 4 is 16.8 Å². The summed E-state index contributed by atoms with van der Waals surface area (Å²) in [4.78, 5) is 17.8. The van der Waals surface area contributed by atoms with Crippen molar-refractivity contribution in [2.45, 2.75) is 37.7 Å². The number of likely N-dealkylation sites (tertiary alicyclic amines) is 1. The summed E-state index contributed by atoms with van der Waals surface area (Å²) in [5, 5.41) is 4.27. The van der Waals surface area contributed by atoms with Crippen molar-refractivity contribution in [1.82, 2.24) is 15.2 Å². The van der Waals surface area contributed by atoms with Crippen LogP contribution in [-0.2, 0) is 9.53 Å². The van der Waals surface area contributed by atoms with Crippen LogP contribution in [0.15, 0.2) is 24.4 Å². The second-order valence-corrected chi connectivity index (χ2v) is 7.65. The third-order valence-corrected chi connectivity index (χ3v) is 5.87. The Hall–Kier alpha value is -2.05. The maximum atomic E-state index is 12.2. The topological polar surface area (TPSA) is 66.6 Å². The molecule has 1 unspecified atom stereocenters. The largest absolute Gasteiger partial charge is 0.497 e. The molecule has 27 heavy (non-hydrogen) atoms. The van der Waals surface area contributed by atoms with Crippen molar-refractivity contribution in [3.63, 3.8) is 0 Å². The Kier molecular flexibility index (Phi) is 5.64. The van der Waals surface area contributed by atoms with E-state index in [1.807, 2.05) is 6.07 Å². The molecule has 0 aliphatic carbocycles. The van der Waals surface area contributed by atoms with Gasteiger partial charge in [0.1, 0.15) is 5.75 Å². The van der Waals surface area contributed by atoms with Gasteiger partial charge in [0.05, 0.1) is 19.8 Å². The Morgan fingerprint density at radius 1 is 1.33 bits per heavy atom. The van der Waals surface area contributed by atoms with Gasteiger partial charge >= 0.3 is 0 Å². The van der Waals surface area contributed by atoms with Crippen molar-refractivity contribution in [3.05, 3.63) is 30.0 Å². The van der Waals surface area contributed by atoms with Crippen LogP contribution in [-0.4, -0.2) is 61.8 Å².